The number of allylic oxidation sites excluding steroid dienone is 10. The van der Waals surface area contributed by atoms with Crippen LogP contribution in [0.3, 0.4) is 0 Å². The third kappa shape index (κ3) is 16.8. The molecule has 0 heterocycles. The Balaban J connectivity index is -0.000000445. The van der Waals surface area contributed by atoms with Gasteiger partial charge in [0.2, 0.25) is 0 Å². The van der Waals surface area contributed by atoms with E-state index in [9.17, 15) is 0 Å². The maximum atomic E-state index is 7.49. The molecule has 0 rings (SSSR count). The molecule has 1 N–H and O–H groups in total. The highest BCUT2D eigenvalue weighted by molar-refractivity contribution is 7.93. The van der Waals surface area contributed by atoms with Crippen molar-refractivity contribution in [2.45, 2.75) is 27.7 Å². The molecule has 0 atom stereocenters. The van der Waals surface area contributed by atoms with Gasteiger partial charge in [0.15, 0.2) is 0 Å². The average Bonchev–Trinajstić information content (AvgIpc) is 2.45. The third-order valence-electron chi connectivity index (χ3n) is 1.78. The third-order valence-corrected chi connectivity index (χ3v) is 1.78. The molecule has 2 heteroatoms. The quantitative estimate of drug-likeness (QED) is 0.477. The van der Waals surface area contributed by atoms with Crippen LogP contribution < -0.4 is 0 Å². The molecule has 0 aromatic carbocycles. The van der Waals surface area contributed by atoms with E-state index < -0.39 is 0 Å². The lowest BCUT2D eigenvalue weighted by atomic mass is 10.0. The van der Waals surface area contributed by atoms with Gasteiger partial charge >= 0.3 is 0 Å². The predicted molar refractivity (Wildman–Crippen MR) is 93.7 cm³/mol. The minimum Gasteiger partial charge on any atom is -0.330 e. The molecule has 0 fully saturated rings. The van der Waals surface area contributed by atoms with Crippen molar-refractivity contribution >= 4 is 12.0 Å². The van der Waals surface area contributed by atoms with Crippen LogP contribution in [0, 0.1) is 0 Å². The highest BCUT2D eigenvalue weighted by atomic mass is 32.2. The first-order valence-electron chi connectivity index (χ1n) is 6.30. The summed E-state index contributed by atoms with van der Waals surface area (Å²) in [5, 5.41) is 0. The summed E-state index contributed by atoms with van der Waals surface area (Å²) in [6, 6.07) is 0. The van der Waals surface area contributed by atoms with Crippen molar-refractivity contribution in [2.75, 3.05) is 6.26 Å². The van der Waals surface area contributed by atoms with Crippen LogP contribution in [0.5, 0.6) is 0 Å². The lowest BCUT2D eigenvalue weighted by Crippen LogP contribution is -1.81. The van der Waals surface area contributed by atoms with Crippen LogP contribution in [-0.2, 0) is 0 Å². The summed E-state index contributed by atoms with van der Waals surface area (Å²) in [6.45, 7) is 15.3. The fraction of sp³-hybridized carbons (Fsp3) is 0.294. The fourth-order valence-electron chi connectivity index (χ4n) is 1.06. The van der Waals surface area contributed by atoms with Gasteiger partial charge in [-0.15, -0.1) is 0 Å². The largest absolute Gasteiger partial charge is 0.330 e. The van der Waals surface area contributed by atoms with Crippen molar-refractivity contribution < 1.29 is 4.55 Å². The average molecular weight is 280 g/mol. The van der Waals surface area contributed by atoms with E-state index in [2.05, 4.69) is 25.3 Å². The van der Waals surface area contributed by atoms with Gasteiger partial charge in [0.05, 0.1) is 0 Å². The molecule has 19 heavy (non-hydrogen) atoms. The van der Waals surface area contributed by atoms with Crippen molar-refractivity contribution in [3.8, 4) is 0 Å². The Morgan fingerprint density at radius 3 is 1.32 bits per heavy atom. The van der Waals surface area contributed by atoms with Gasteiger partial charge in [0, 0.05) is 6.26 Å². The second-order valence-electron chi connectivity index (χ2n) is 2.86. The minimum atomic E-state index is 0.750. The van der Waals surface area contributed by atoms with Crippen molar-refractivity contribution in [3.63, 3.8) is 0 Å². The monoisotopic (exact) mass is 280 g/mol. The van der Waals surface area contributed by atoms with Crippen molar-refractivity contribution in [3.05, 3.63) is 72.9 Å². The van der Waals surface area contributed by atoms with Gasteiger partial charge in [-0.2, -0.15) is 0 Å². The molecule has 0 aromatic heterocycles. The Labute approximate surface area is 124 Å². The van der Waals surface area contributed by atoms with E-state index in [0.717, 1.165) is 12.0 Å². The van der Waals surface area contributed by atoms with Gasteiger partial charge in [-0.25, -0.2) is 0 Å². The Morgan fingerprint density at radius 1 is 0.895 bits per heavy atom. The van der Waals surface area contributed by atoms with Crippen molar-refractivity contribution in [1.82, 2.24) is 0 Å². The summed E-state index contributed by atoms with van der Waals surface area (Å²) in [5.41, 5.74) is 2.37. The van der Waals surface area contributed by atoms with E-state index >= 15 is 0 Å². The fourth-order valence-corrected chi connectivity index (χ4v) is 1.06. The molecule has 0 aliphatic rings. The Bertz CT molecular complexity index is 288. The summed E-state index contributed by atoms with van der Waals surface area (Å²) < 4.78 is 7.49. The standard InChI is InChI=1S/C14H18.C2H6.CH4OS/c1-5-9-11-13(7-3)14(8-4)12-10-6-2;1-2;1-3-2/h5-12H,1-2H2,3-4H3;1-2H3;2H,1H3/b11-9-,12-10-,13-7+,14-8+;;. The van der Waals surface area contributed by atoms with Gasteiger partial charge in [-0.3, -0.25) is 0 Å². The molecule has 0 amide bonds. The van der Waals surface area contributed by atoms with Crippen LogP contribution in [0.2, 0.25) is 0 Å². The molecule has 0 saturated heterocycles. The molecule has 0 bridgehead atoms. The SMILES string of the molecule is C=C\C=C/C(=C\C)C(/C=C\C=C)=C/C.CC.CSO. The normalized spacial score (nSPS) is 11.5. The van der Waals surface area contributed by atoms with Crippen LogP contribution in [0.15, 0.2) is 72.9 Å². The minimum absolute atomic E-state index is 0.750. The Kier molecular flexibility index (Phi) is 26.5. The Hall–Kier alpha value is -1.25. The first-order valence-corrected chi connectivity index (χ1v) is 7.48. The van der Waals surface area contributed by atoms with Crippen LogP contribution in [0.25, 0.3) is 0 Å². The molecule has 0 unspecified atom stereocenters. The van der Waals surface area contributed by atoms with E-state index in [1.165, 1.54) is 11.1 Å². The van der Waals surface area contributed by atoms with E-state index in [1.54, 1.807) is 18.4 Å². The van der Waals surface area contributed by atoms with Gasteiger partial charge < -0.3 is 4.55 Å². The van der Waals surface area contributed by atoms with Crippen LogP contribution in [-0.4, -0.2) is 10.8 Å². The maximum Gasteiger partial charge on any atom is 0.00795 e. The summed E-state index contributed by atoms with van der Waals surface area (Å²) in [5.74, 6) is 0. The smallest absolute Gasteiger partial charge is 0.00795 e. The molecular weight excluding hydrogens is 252 g/mol. The number of hydrogen-bond donors (Lipinski definition) is 1. The second-order valence-corrected chi connectivity index (χ2v) is 3.23. The van der Waals surface area contributed by atoms with E-state index in [1.807, 2.05) is 52.0 Å². The first kappa shape index (κ1) is 22.9. The molecule has 0 spiro atoms. The Morgan fingerprint density at radius 2 is 1.16 bits per heavy atom. The van der Waals surface area contributed by atoms with Gasteiger partial charge in [0.1, 0.15) is 0 Å². The number of rotatable bonds is 5. The zero-order valence-electron chi connectivity index (χ0n) is 12.9. The summed E-state index contributed by atoms with van der Waals surface area (Å²) >= 11 is 0.750. The summed E-state index contributed by atoms with van der Waals surface area (Å²) in [7, 11) is 0. The molecule has 0 aromatic rings. The van der Waals surface area contributed by atoms with Gasteiger partial charge in [-0.1, -0.05) is 75.6 Å². The molecule has 1 nitrogen and oxygen atoms in total. The van der Waals surface area contributed by atoms with Gasteiger partial charge in [0.25, 0.3) is 0 Å². The van der Waals surface area contributed by atoms with E-state index in [0.29, 0.717) is 0 Å². The van der Waals surface area contributed by atoms with Crippen LogP contribution >= 0.6 is 12.0 Å². The summed E-state index contributed by atoms with van der Waals surface area (Å²) in [6.07, 6.45) is 17.2. The topological polar surface area (TPSA) is 20.2 Å². The molecule has 0 saturated carbocycles. The molecule has 0 radical (unpaired) electrons. The highest BCUT2D eigenvalue weighted by Gasteiger charge is 1.93. The molecule has 0 aliphatic carbocycles. The van der Waals surface area contributed by atoms with E-state index in [-0.39, 0.29) is 0 Å². The molecule has 108 valence electrons. The number of hydrogen-bond acceptors (Lipinski definition) is 2. The lowest BCUT2D eigenvalue weighted by molar-refractivity contribution is 0.669. The van der Waals surface area contributed by atoms with Gasteiger partial charge in [-0.05, 0) is 37.0 Å². The van der Waals surface area contributed by atoms with Crippen LogP contribution in [0.1, 0.15) is 27.7 Å². The maximum absolute atomic E-state index is 7.49. The zero-order chi connectivity index (χ0) is 15.5. The lowest BCUT2D eigenvalue weighted by Gasteiger charge is -2.01. The zero-order valence-corrected chi connectivity index (χ0v) is 13.7. The molecule has 0 aliphatic heterocycles. The second kappa shape index (κ2) is 22.0. The first-order chi connectivity index (χ1) is 9.21. The predicted octanol–water partition coefficient (Wildman–Crippen LogP) is 6.21. The van der Waals surface area contributed by atoms with Crippen molar-refractivity contribution in [2.24, 2.45) is 0 Å². The molecular formula is C17H28OS. The van der Waals surface area contributed by atoms with E-state index in [4.69, 9.17) is 4.55 Å². The van der Waals surface area contributed by atoms with Crippen LogP contribution in [0.4, 0.5) is 0 Å². The summed E-state index contributed by atoms with van der Waals surface area (Å²) in [4.78, 5) is 0. The van der Waals surface area contributed by atoms with Crippen molar-refractivity contribution in [1.29, 1.82) is 0 Å². The highest BCUT2D eigenvalue weighted by Crippen LogP contribution is 2.13.